The van der Waals surface area contributed by atoms with Crippen LogP contribution in [0.4, 0.5) is 0 Å². The first kappa shape index (κ1) is 14.3. The maximum Gasteiger partial charge on any atom is 0.0594 e. The van der Waals surface area contributed by atoms with Crippen LogP contribution in [0.15, 0.2) is 0 Å². The van der Waals surface area contributed by atoms with Crippen LogP contribution in [0.3, 0.4) is 0 Å². The van der Waals surface area contributed by atoms with Gasteiger partial charge in [-0.25, -0.2) is 0 Å². The molecule has 106 valence electrons. The summed E-state index contributed by atoms with van der Waals surface area (Å²) in [6, 6.07) is 1.42. The molecule has 4 heteroatoms. The Kier molecular flexibility index (Phi) is 5.89. The molecular weight excluding hydrogens is 226 g/mol. The summed E-state index contributed by atoms with van der Waals surface area (Å²) in [6.07, 6.45) is 2.50. The van der Waals surface area contributed by atoms with Gasteiger partial charge in [-0.1, -0.05) is 13.8 Å². The molecule has 2 rings (SSSR count). The van der Waals surface area contributed by atoms with E-state index in [0.717, 1.165) is 38.9 Å². The second kappa shape index (κ2) is 7.43. The van der Waals surface area contributed by atoms with Crippen LogP contribution in [0.2, 0.25) is 0 Å². The van der Waals surface area contributed by atoms with Crippen LogP contribution in [-0.2, 0) is 4.74 Å². The van der Waals surface area contributed by atoms with Crippen LogP contribution < -0.4 is 5.32 Å². The quantitative estimate of drug-likeness (QED) is 0.786. The number of piperazine rings is 1. The number of morpholine rings is 1. The topological polar surface area (TPSA) is 27.7 Å². The summed E-state index contributed by atoms with van der Waals surface area (Å²) >= 11 is 0. The molecule has 0 aliphatic carbocycles. The Morgan fingerprint density at radius 2 is 1.89 bits per heavy atom. The predicted molar refractivity (Wildman–Crippen MR) is 75.0 cm³/mol. The maximum atomic E-state index is 5.40. The number of hydrogen-bond acceptors (Lipinski definition) is 4. The number of nitrogens with one attached hydrogen (secondary N) is 1. The fourth-order valence-electron chi connectivity index (χ4n) is 2.97. The second-order valence-electron chi connectivity index (χ2n) is 5.52. The van der Waals surface area contributed by atoms with E-state index in [4.69, 9.17) is 4.74 Å². The summed E-state index contributed by atoms with van der Waals surface area (Å²) in [6.45, 7) is 13.4. The number of rotatable bonds is 5. The van der Waals surface area contributed by atoms with E-state index in [2.05, 4.69) is 29.0 Å². The summed E-state index contributed by atoms with van der Waals surface area (Å²) in [7, 11) is 0. The molecular formula is C14H29N3O. The molecule has 2 atom stereocenters. The zero-order valence-corrected chi connectivity index (χ0v) is 12.0. The fourth-order valence-corrected chi connectivity index (χ4v) is 2.97. The normalized spacial score (nSPS) is 31.7. The molecule has 18 heavy (non-hydrogen) atoms. The molecule has 2 unspecified atom stereocenters. The molecule has 0 aromatic rings. The van der Waals surface area contributed by atoms with Gasteiger partial charge in [0.1, 0.15) is 0 Å². The molecule has 2 heterocycles. The fraction of sp³-hybridized carbons (Fsp3) is 1.00. The van der Waals surface area contributed by atoms with E-state index < -0.39 is 0 Å². The van der Waals surface area contributed by atoms with Gasteiger partial charge in [0.05, 0.1) is 13.2 Å². The first-order chi connectivity index (χ1) is 8.83. The molecule has 0 aromatic heterocycles. The van der Waals surface area contributed by atoms with Gasteiger partial charge >= 0.3 is 0 Å². The lowest BCUT2D eigenvalue weighted by Gasteiger charge is -2.41. The number of nitrogens with zero attached hydrogens (tertiary/aromatic N) is 2. The number of hydrogen-bond donors (Lipinski definition) is 1. The van der Waals surface area contributed by atoms with Gasteiger partial charge in [0, 0.05) is 51.4 Å². The van der Waals surface area contributed by atoms with Crippen LogP contribution in [-0.4, -0.2) is 74.4 Å². The highest BCUT2D eigenvalue weighted by atomic mass is 16.5. The Labute approximate surface area is 112 Å². The van der Waals surface area contributed by atoms with E-state index in [0.29, 0.717) is 6.04 Å². The summed E-state index contributed by atoms with van der Waals surface area (Å²) in [4.78, 5) is 5.24. The molecule has 0 spiro atoms. The van der Waals surface area contributed by atoms with Crippen molar-refractivity contribution in [3.8, 4) is 0 Å². The molecule has 2 aliphatic rings. The van der Waals surface area contributed by atoms with Crippen molar-refractivity contribution < 1.29 is 4.74 Å². The van der Waals surface area contributed by atoms with Crippen LogP contribution in [0.5, 0.6) is 0 Å². The van der Waals surface area contributed by atoms with E-state index in [-0.39, 0.29) is 0 Å². The van der Waals surface area contributed by atoms with Crippen LogP contribution >= 0.6 is 0 Å². The zero-order valence-electron chi connectivity index (χ0n) is 12.0. The van der Waals surface area contributed by atoms with E-state index >= 15 is 0 Å². The van der Waals surface area contributed by atoms with Crippen LogP contribution in [0.1, 0.15) is 26.7 Å². The van der Waals surface area contributed by atoms with Crippen molar-refractivity contribution >= 4 is 0 Å². The van der Waals surface area contributed by atoms with Gasteiger partial charge in [0.25, 0.3) is 0 Å². The van der Waals surface area contributed by atoms with Crippen molar-refractivity contribution in [2.75, 3.05) is 52.5 Å². The van der Waals surface area contributed by atoms with Crippen molar-refractivity contribution in [1.82, 2.24) is 15.1 Å². The monoisotopic (exact) mass is 255 g/mol. The average Bonchev–Trinajstić information content (AvgIpc) is 2.45. The van der Waals surface area contributed by atoms with Gasteiger partial charge in [-0.3, -0.25) is 9.80 Å². The van der Waals surface area contributed by atoms with E-state index in [9.17, 15) is 0 Å². The largest absolute Gasteiger partial charge is 0.379 e. The van der Waals surface area contributed by atoms with E-state index in [1.54, 1.807) is 0 Å². The highest BCUT2D eigenvalue weighted by Crippen LogP contribution is 2.12. The average molecular weight is 255 g/mol. The summed E-state index contributed by atoms with van der Waals surface area (Å²) in [5.41, 5.74) is 0. The van der Waals surface area contributed by atoms with Gasteiger partial charge in [-0.15, -0.1) is 0 Å². The molecule has 0 radical (unpaired) electrons. The summed E-state index contributed by atoms with van der Waals surface area (Å²) in [5, 5.41) is 3.66. The third-order valence-corrected chi connectivity index (χ3v) is 4.38. The van der Waals surface area contributed by atoms with Gasteiger partial charge in [0.2, 0.25) is 0 Å². The molecule has 0 bridgehead atoms. The highest BCUT2D eigenvalue weighted by Gasteiger charge is 2.25. The van der Waals surface area contributed by atoms with Gasteiger partial charge in [-0.05, 0) is 12.8 Å². The van der Waals surface area contributed by atoms with Crippen LogP contribution in [0, 0.1) is 0 Å². The van der Waals surface area contributed by atoms with Gasteiger partial charge < -0.3 is 10.1 Å². The Morgan fingerprint density at radius 3 is 2.56 bits per heavy atom. The minimum Gasteiger partial charge on any atom is -0.379 e. The first-order valence-electron chi connectivity index (χ1n) is 7.61. The first-order valence-corrected chi connectivity index (χ1v) is 7.61. The minimum absolute atomic E-state index is 0.692. The molecule has 4 nitrogen and oxygen atoms in total. The third kappa shape index (κ3) is 3.92. The van der Waals surface area contributed by atoms with Crippen molar-refractivity contribution in [2.45, 2.75) is 38.8 Å². The van der Waals surface area contributed by atoms with E-state index in [1.807, 2.05) is 0 Å². The zero-order chi connectivity index (χ0) is 12.8. The van der Waals surface area contributed by atoms with Gasteiger partial charge in [-0.2, -0.15) is 0 Å². The standard InChI is InChI=1S/C14H29N3O/c1-3-13-12-17(14(4-2)11-15-13)6-5-16-7-9-18-10-8-16/h13-15H,3-12H2,1-2H3. The van der Waals surface area contributed by atoms with E-state index in [1.165, 1.54) is 32.5 Å². The minimum atomic E-state index is 0.692. The Morgan fingerprint density at radius 1 is 1.11 bits per heavy atom. The maximum absolute atomic E-state index is 5.40. The lowest BCUT2D eigenvalue weighted by Crippen LogP contribution is -2.57. The molecule has 0 saturated carbocycles. The third-order valence-electron chi connectivity index (χ3n) is 4.38. The lowest BCUT2D eigenvalue weighted by atomic mass is 10.1. The van der Waals surface area contributed by atoms with Gasteiger partial charge in [0.15, 0.2) is 0 Å². The van der Waals surface area contributed by atoms with Crippen LogP contribution in [0.25, 0.3) is 0 Å². The molecule has 2 fully saturated rings. The summed E-state index contributed by atoms with van der Waals surface area (Å²) < 4.78 is 5.40. The lowest BCUT2D eigenvalue weighted by molar-refractivity contribution is 0.0268. The van der Waals surface area contributed by atoms with Crippen molar-refractivity contribution in [1.29, 1.82) is 0 Å². The Bertz CT molecular complexity index is 231. The predicted octanol–water partition coefficient (Wildman–Crippen LogP) is 0.781. The Hall–Kier alpha value is -0.160. The molecule has 2 saturated heterocycles. The van der Waals surface area contributed by atoms with Crippen molar-refractivity contribution in [3.05, 3.63) is 0 Å². The molecule has 2 aliphatic heterocycles. The van der Waals surface area contributed by atoms with Crippen molar-refractivity contribution in [2.24, 2.45) is 0 Å². The molecule has 1 N–H and O–H groups in total. The highest BCUT2D eigenvalue weighted by molar-refractivity contribution is 4.85. The number of ether oxygens (including phenoxy) is 1. The molecule has 0 aromatic carbocycles. The van der Waals surface area contributed by atoms with Crippen molar-refractivity contribution in [3.63, 3.8) is 0 Å². The smallest absolute Gasteiger partial charge is 0.0594 e. The summed E-state index contributed by atoms with van der Waals surface area (Å²) in [5.74, 6) is 0. The SMILES string of the molecule is CCC1CN(CCN2CCOCC2)C(CC)CN1. The second-order valence-corrected chi connectivity index (χ2v) is 5.52. The molecule has 0 amide bonds. The Balaban J connectivity index is 1.76.